The number of halogens is 3. The summed E-state index contributed by atoms with van der Waals surface area (Å²) in [5, 5.41) is 3.16. The van der Waals surface area contributed by atoms with Gasteiger partial charge in [-0.25, -0.2) is 0 Å². The lowest BCUT2D eigenvalue weighted by Gasteiger charge is -2.35. The lowest BCUT2D eigenvalue weighted by molar-refractivity contribution is -0.137. The molecule has 1 N–H and O–H groups in total. The standard InChI is InChI=1S/C14H18F3N3/c1-19-4-6-20(7-5-19)13-9-12-10(2-3-18-12)8-11(13)14(15,16)17/h8-9,18H,2-7H2,1H3. The van der Waals surface area contributed by atoms with E-state index < -0.39 is 11.7 Å². The molecule has 2 heterocycles. The fourth-order valence-electron chi connectivity index (χ4n) is 2.87. The molecule has 1 saturated heterocycles. The molecule has 0 bridgehead atoms. The predicted molar refractivity (Wildman–Crippen MR) is 73.3 cm³/mol. The van der Waals surface area contributed by atoms with E-state index in [0.717, 1.165) is 30.9 Å². The van der Waals surface area contributed by atoms with Gasteiger partial charge in [-0.15, -0.1) is 0 Å². The van der Waals surface area contributed by atoms with Crippen molar-refractivity contribution in [2.75, 3.05) is 50.0 Å². The summed E-state index contributed by atoms with van der Waals surface area (Å²) >= 11 is 0. The fraction of sp³-hybridized carbons (Fsp3) is 0.571. The SMILES string of the molecule is CN1CCN(c2cc3c(cc2C(F)(F)F)CCN3)CC1. The Bertz CT molecular complexity index is 505. The summed E-state index contributed by atoms with van der Waals surface area (Å²) in [5.41, 5.74) is 1.45. The highest BCUT2D eigenvalue weighted by Crippen LogP contribution is 2.41. The summed E-state index contributed by atoms with van der Waals surface area (Å²) in [6, 6.07) is 3.00. The van der Waals surface area contributed by atoms with Crippen molar-refractivity contribution in [2.45, 2.75) is 12.6 Å². The van der Waals surface area contributed by atoms with E-state index in [1.807, 2.05) is 11.9 Å². The summed E-state index contributed by atoms with van der Waals surface area (Å²) in [4.78, 5) is 3.98. The molecular weight excluding hydrogens is 267 g/mol. The van der Waals surface area contributed by atoms with Crippen LogP contribution in [0.5, 0.6) is 0 Å². The molecule has 0 aromatic heterocycles. The number of nitrogens with zero attached hydrogens (tertiary/aromatic N) is 2. The van der Waals surface area contributed by atoms with Crippen LogP contribution in [0, 0.1) is 0 Å². The molecule has 3 rings (SSSR count). The van der Waals surface area contributed by atoms with Crippen molar-refractivity contribution in [1.29, 1.82) is 0 Å². The number of anilines is 2. The van der Waals surface area contributed by atoms with Gasteiger partial charge in [0.25, 0.3) is 0 Å². The molecule has 110 valence electrons. The lowest BCUT2D eigenvalue weighted by Crippen LogP contribution is -2.45. The van der Waals surface area contributed by atoms with E-state index in [9.17, 15) is 13.2 Å². The maximum atomic E-state index is 13.3. The minimum absolute atomic E-state index is 0.318. The Hall–Kier alpha value is -1.43. The maximum Gasteiger partial charge on any atom is 0.418 e. The molecule has 1 aromatic carbocycles. The predicted octanol–water partition coefficient (Wildman–Crippen LogP) is 2.43. The number of fused-ring (bicyclic) bond motifs is 1. The smallest absolute Gasteiger partial charge is 0.384 e. The van der Waals surface area contributed by atoms with Crippen LogP contribution in [0.25, 0.3) is 0 Å². The summed E-state index contributed by atoms with van der Waals surface area (Å²) in [5.74, 6) is 0. The third-order valence-electron chi connectivity index (χ3n) is 4.08. The molecule has 0 aliphatic carbocycles. The van der Waals surface area contributed by atoms with Crippen molar-refractivity contribution >= 4 is 11.4 Å². The second-order valence-electron chi connectivity index (χ2n) is 5.49. The number of hydrogen-bond donors (Lipinski definition) is 1. The van der Waals surface area contributed by atoms with E-state index >= 15 is 0 Å². The van der Waals surface area contributed by atoms with Crippen LogP contribution in [-0.2, 0) is 12.6 Å². The molecule has 0 atom stereocenters. The van der Waals surface area contributed by atoms with Crippen LogP contribution in [0.4, 0.5) is 24.5 Å². The molecule has 1 fully saturated rings. The monoisotopic (exact) mass is 285 g/mol. The Labute approximate surface area is 116 Å². The number of alkyl halides is 3. The normalized spacial score (nSPS) is 19.9. The largest absolute Gasteiger partial charge is 0.418 e. The lowest BCUT2D eigenvalue weighted by atomic mass is 10.0. The number of nitrogens with one attached hydrogen (secondary N) is 1. The van der Waals surface area contributed by atoms with E-state index in [2.05, 4.69) is 10.2 Å². The first-order valence-corrected chi connectivity index (χ1v) is 6.86. The zero-order valence-corrected chi connectivity index (χ0v) is 11.4. The zero-order valence-electron chi connectivity index (χ0n) is 11.4. The van der Waals surface area contributed by atoms with Gasteiger partial charge in [0, 0.05) is 38.4 Å². The van der Waals surface area contributed by atoms with E-state index in [1.54, 1.807) is 6.07 Å². The van der Waals surface area contributed by atoms with Crippen molar-refractivity contribution in [3.05, 3.63) is 23.3 Å². The quantitative estimate of drug-likeness (QED) is 0.855. The van der Waals surface area contributed by atoms with Crippen molar-refractivity contribution in [1.82, 2.24) is 4.90 Å². The molecule has 20 heavy (non-hydrogen) atoms. The minimum atomic E-state index is -4.30. The van der Waals surface area contributed by atoms with E-state index in [-0.39, 0.29) is 0 Å². The Morgan fingerprint density at radius 1 is 1.10 bits per heavy atom. The minimum Gasteiger partial charge on any atom is -0.384 e. The van der Waals surface area contributed by atoms with E-state index in [0.29, 0.717) is 25.2 Å². The zero-order chi connectivity index (χ0) is 14.3. The Balaban J connectivity index is 2.00. The van der Waals surface area contributed by atoms with Gasteiger partial charge < -0.3 is 15.1 Å². The van der Waals surface area contributed by atoms with Gasteiger partial charge in [-0.1, -0.05) is 0 Å². The molecule has 2 aliphatic rings. The van der Waals surface area contributed by atoms with E-state index in [1.165, 1.54) is 6.07 Å². The number of hydrogen-bond acceptors (Lipinski definition) is 3. The molecule has 1 aromatic rings. The van der Waals surface area contributed by atoms with Gasteiger partial charge >= 0.3 is 6.18 Å². The Kier molecular flexibility index (Phi) is 3.28. The highest BCUT2D eigenvalue weighted by Gasteiger charge is 2.36. The third kappa shape index (κ3) is 2.44. The van der Waals surface area contributed by atoms with Gasteiger partial charge in [-0.3, -0.25) is 0 Å². The topological polar surface area (TPSA) is 18.5 Å². The summed E-state index contributed by atoms with van der Waals surface area (Å²) in [7, 11) is 1.99. The van der Waals surface area contributed by atoms with Crippen LogP contribution in [0.3, 0.4) is 0 Å². The number of likely N-dealkylation sites (N-methyl/N-ethyl adjacent to an activating group) is 1. The number of piperazine rings is 1. The molecule has 0 spiro atoms. The average Bonchev–Trinajstić information content (AvgIpc) is 2.84. The first kappa shape index (κ1) is 13.5. The van der Waals surface area contributed by atoms with Crippen LogP contribution in [-0.4, -0.2) is 44.7 Å². The molecule has 0 radical (unpaired) electrons. The van der Waals surface area contributed by atoms with Gasteiger partial charge in [-0.05, 0) is 31.2 Å². The van der Waals surface area contributed by atoms with Crippen LogP contribution < -0.4 is 10.2 Å². The fourth-order valence-corrected chi connectivity index (χ4v) is 2.87. The van der Waals surface area contributed by atoms with Gasteiger partial charge in [0.15, 0.2) is 0 Å². The van der Waals surface area contributed by atoms with Crippen molar-refractivity contribution in [3.8, 4) is 0 Å². The molecular formula is C14H18F3N3. The summed E-state index contributed by atoms with van der Waals surface area (Å²) < 4.78 is 39.9. The van der Waals surface area contributed by atoms with Crippen LogP contribution >= 0.6 is 0 Å². The van der Waals surface area contributed by atoms with Crippen molar-refractivity contribution in [3.63, 3.8) is 0 Å². The molecule has 3 nitrogen and oxygen atoms in total. The van der Waals surface area contributed by atoms with Crippen molar-refractivity contribution in [2.24, 2.45) is 0 Å². The molecule has 0 unspecified atom stereocenters. The maximum absolute atomic E-state index is 13.3. The van der Waals surface area contributed by atoms with Crippen LogP contribution in [0.2, 0.25) is 0 Å². The Morgan fingerprint density at radius 2 is 1.80 bits per heavy atom. The average molecular weight is 285 g/mol. The van der Waals surface area contributed by atoms with Crippen molar-refractivity contribution < 1.29 is 13.2 Å². The molecule has 0 amide bonds. The highest BCUT2D eigenvalue weighted by atomic mass is 19.4. The Morgan fingerprint density at radius 3 is 2.45 bits per heavy atom. The van der Waals surface area contributed by atoms with Crippen LogP contribution in [0.15, 0.2) is 12.1 Å². The summed E-state index contributed by atoms with van der Waals surface area (Å²) in [6.07, 6.45) is -3.63. The van der Waals surface area contributed by atoms with Gasteiger partial charge in [0.05, 0.1) is 11.3 Å². The van der Waals surface area contributed by atoms with Crippen LogP contribution in [0.1, 0.15) is 11.1 Å². The van der Waals surface area contributed by atoms with Gasteiger partial charge in [-0.2, -0.15) is 13.2 Å². The third-order valence-corrected chi connectivity index (χ3v) is 4.08. The molecule has 2 aliphatic heterocycles. The highest BCUT2D eigenvalue weighted by molar-refractivity contribution is 5.69. The number of benzene rings is 1. The molecule has 0 saturated carbocycles. The van der Waals surface area contributed by atoms with Gasteiger partial charge in [0.2, 0.25) is 0 Å². The summed E-state index contributed by atoms with van der Waals surface area (Å²) in [6.45, 7) is 3.58. The second-order valence-corrected chi connectivity index (χ2v) is 5.49. The molecule has 6 heteroatoms. The number of rotatable bonds is 1. The first-order chi connectivity index (χ1) is 9.45. The second kappa shape index (κ2) is 4.84. The van der Waals surface area contributed by atoms with E-state index in [4.69, 9.17) is 0 Å². The van der Waals surface area contributed by atoms with Gasteiger partial charge in [0.1, 0.15) is 0 Å². The first-order valence-electron chi connectivity index (χ1n) is 6.86.